The molecule has 8 nitrogen and oxygen atoms in total. The summed E-state index contributed by atoms with van der Waals surface area (Å²) in [7, 11) is 1.96. The third kappa shape index (κ3) is 2.89. The van der Waals surface area contributed by atoms with E-state index in [0.717, 1.165) is 56.0 Å². The number of hydrogen-bond acceptors (Lipinski definition) is 6. The van der Waals surface area contributed by atoms with Crippen LogP contribution in [0.15, 0.2) is 24.9 Å². The Balaban J connectivity index is 1.47. The fraction of sp³-hybridized carbons (Fsp3) is 0.467. The Bertz CT molecular complexity index is 791. The maximum Gasteiger partial charge on any atom is 0.160 e. The van der Waals surface area contributed by atoms with Gasteiger partial charge in [0.05, 0.1) is 17.8 Å². The zero-order valence-corrected chi connectivity index (χ0v) is 13.2. The molecule has 4 heterocycles. The average Bonchev–Trinajstić information content (AvgIpc) is 3.12. The van der Waals surface area contributed by atoms with Crippen LogP contribution >= 0.6 is 0 Å². The monoisotopic (exact) mass is 312 g/mol. The summed E-state index contributed by atoms with van der Waals surface area (Å²) in [5.74, 6) is 0.979. The number of aromatic nitrogens is 6. The van der Waals surface area contributed by atoms with Gasteiger partial charge in [0.2, 0.25) is 0 Å². The minimum atomic E-state index is 0.798. The van der Waals surface area contributed by atoms with Crippen LogP contribution in [0, 0.1) is 0 Å². The summed E-state index contributed by atoms with van der Waals surface area (Å²) in [5.41, 5.74) is 2.06. The minimum absolute atomic E-state index is 0.798. The molecule has 4 rings (SSSR count). The molecule has 0 spiro atoms. The second kappa shape index (κ2) is 5.96. The van der Waals surface area contributed by atoms with Gasteiger partial charge in [-0.2, -0.15) is 10.2 Å². The second-order valence-electron chi connectivity index (χ2n) is 5.97. The molecule has 0 saturated carbocycles. The van der Waals surface area contributed by atoms with Gasteiger partial charge in [-0.1, -0.05) is 0 Å². The van der Waals surface area contributed by atoms with E-state index >= 15 is 0 Å². The highest BCUT2D eigenvalue weighted by molar-refractivity contribution is 5.86. The molecule has 1 saturated heterocycles. The average molecular weight is 312 g/mol. The summed E-state index contributed by atoms with van der Waals surface area (Å²) in [5, 5.41) is 12.2. The molecule has 1 fully saturated rings. The number of anilines is 1. The summed E-state index contributed by atoms with van der Waals surface area (Å²) >= 11 is 0. The Morgan fingerprint density at radius 1 is 1.13 bits per heavy atom. The van der Waals surface area contributed by atoms with Crippen molar-refractivity contribution >= 4 is 16.9 Å². The van der Waals surface area contributed by atoms with E-state index in [1.165, 1.54) is 5.56 Å². The van der Waals surface area contributed by atoms with E-state index in [4.69, 9.17) is 0 Å². The van der Waals surface area contributed by atoms with Crippen molar-refractivity contribution in [3.05, 3.63) is 30.5 Å². The molecule has 0 radical (unpaired) electrons. The van der Waals surface area contributed by atoms with Crippen LogP contribution in [0.25, 0.3) is 11.0 Å². The lowest BCUT2D eigenvalue weighted by Crippen LogP contribution is -2.31. The molecule has 1 aliphatic rings. The number of H-pyrrole nitrogens is 1. The first-order valence-corrected chi connectivity index (χ1v) is 7.88. The SMILES string of the molecule is Cn1cc(CN2CCCN(c3ncnc4[nH]ncc34)CC2)cn1. The van der Waals surface area contributed by atoms with Gasteiger partial charge in [0.15, 0.2) is 5.65 Å². The van der Waals surface area contributed by atoms with Gasteiger partial charge in [-0.3, -0.25) is 14.7 Å². The summed E-state index contributed by atoms with van der Waals surface area (Å²) in [4.78, 5) is 13.5. The molecule has 23 heavy (non-hydrogen) atoms. The maximum absolute atomic E-state index is 4.48. The summed E-state index contributed by atoms with van der Waals surface area (Å²) in [6.45, 7) is 5.01. The number of rotatable bonds is 3. The van der Waals surface area contributed by atoms with Crippen molar-refractivity contribution in [3.8, 4) is 0 Å². The zero-order chi connectivity index (χ0) is 15.6. The minimum Gasteiger partial charge on any atom is -0.355 e. The van der Waals surface area contributed by atoms with Crippen molar-refractivity contribution in [1.29, 1.82) is 0 Å². The van der Waals surface area contributed by atoms with Gasteiger partial charge < -0.3 is 4.90 Å². The quantitative estimate of drug-likeness (QED) is 0.770. The third-order valence-corrected chi connectivity index (χ3v) is 4.28. The molecule has 0 aromatic carbocycles. The van der Waals surface area contributed by atoms with E-state index in [0.29, 0.717) is 0 Å². The Morgan fingerprint density at radius 2 is 2.09 bits per heavy atom. The number of aryl methyl sites for hydroxylation is 1. The largest absolute Gasteiger partial charge is 0.355 e. The molecule has 0 unspecified atom stereocenters. The van der Waals surface area contributed by atoms with Crippen LogP contribution in [-0.4, -0.2) is 61.0 Å². The molecular formula is C15H20N8. The summed E-state index contributed by atoms with van der Waals surface area (Å²) in [6, 6.07) is 0. The van der Waals surface area contributed by atoms with E-state index in [9.17, 15) is 0 Å². The van der Waals surface area contributed by atoms with Crippen molar-refractivity contribution < 1.29 is 0 Å². The van der Waals surface area contributed by atoms with Crippen LogP contribution in [0.2, 0.25) is 0 Å². The number of aromatic amines is 1. The van der Waals surface area contributed by atoms with E-state index in [1.807, 2.05) is 24.1 Å². The molecule has 3 aromatic heterocycles. The lowest BCUT2D eigenvalue weighted by Gasteiger charge is -2.22. The first kappa shape index (κ1) is 14.1. The van der Waals surface area contributed by atoms with Gasteiger partial charge in [-0.15, -0.1) is 0 Å². The van der Waals surface area contributed by atoms with Gasteiger partial charge in [-0.25, -0.2) is 9.97 Å². The molecule has 0 atom stereocenters. The first-order chi connectivity index (χ1) is 11.3. The summed E-state index contributed by atoms with van der Waals surface area (Å²) < 4.78 is 1.86. The molecule has 0 amide bonds. The zero-order valence-electron chi connectivity index (χ0n) is 13.2. The lowest BCUT2D eigenvalue weighted by atomic mass is 10.3. The van der Waals surface area contributed by atoms with Crippen LogP contribution in [0.1, 0.15) is 12.0 Å². The summed E-state index contributed by atoms with van der Waals surface area (Å²) in [6.07, 6.45) is 8.56. The Morgan fingerprint density at radius 3 is 2.96 bits per heavy atom. The number of nitrogens with one attached hydrogen (secondary N) is 1. The lowest BCUT2D eigenvalue weighted by molar-refractivity contribution is 0.285. The Hall–Kier alpha value is -2.48. The number of hydrogen-bond donors (Lipinski definition) is 1. The van der Waals surface area contributed by atoms with Crippen molar-refractivity contribution in [2.75, 3.05) is 31.1 Å². The van der Waals surface area contributed by atoms with Gasteiger partial charge in [-0.05, 0) is 6.42 Å². The van der Waals surface area contributed by atoms with E-state index in [2.05, 4.69) is 41.3 Å². The normalized spacial score (nSPS) is 16.8. The molecule has 0 bridgehead atoms. The van der Waals surface area contributed by atoms with Crippen molar-refractivity contribution in [1.82, 2.24) is 34.8 Å². The van der Waals surface area contributed by atoms with Crippen LogP contribution < -0.4 is 4.90 Å². The molecule has 120 valence electrons. The highest BCUT2D eigenvalue weighted by atomic mass is 15.3. The Labute approximate surface area is 134 Å². The fourth-order valence-corrected chi connectivity index (χ4v) is 3.16. The van der Waals surface area contributed by atoms with Gasteiger partial charge >= 0.3 is 0 Å². The number of fused-ring (bicyclic) bond motifs is 1. The van der Waals surface area contributed by atoms with E-state index in [-0.39, 0.29) is 0 Å². The third-order valence-electron chi connectivity index (χ3n) is 4.28. The molecule has 0 aliphatic carbocycles. The highest BCUT2D eigenvalue weighted by Gasteiger charge is 2.19. The van der Waals surface area contributed by atoms with Crippen molar-refractivity contribution in [2.45, 2.75) is 13.0 Å². The molecule has 1 N–H and O–H groups in total. The van der Waals surface area contributed by atoms with Gasteiger partial charge in [0.25, 0.3) is 0 Å². The van der Waals surface area contributed by atoms with Crippen LogP contribution in [0.5, 0.6) is 0 Å². The van der Waals surface area contributed by atoms with Crippen molar-refractivity contribution in [2.24, 2.45) is 7.05 Å². The van der Waals surface area contributed by atoms with Gasteiger partial charge in [0.1, 0.15) is 12.1 Å². The highest BCUT2D eigenvalue weighted by Crippen LogP contribution is 2.22. The van der Waals surface area contributed by atoms with E-state index < -0.39 is 0 Å². The van der Waals surface area contributed by atoms with Crippen molar-refractivity contribution in [3.63, 3.8) is 0 Å². The van der Waals surface area contributed by atoms with E-state index in [1.54, 1.807) is 6.33 Å². The predicted octanol–water partition coefficient (Wildman–Crippen LogP) is 0.799. The maximum atomic E-state index is 4.48. The van der Waals surface area contributed by atoms with Crippen LogP contribution in [-0.2, 0) is 13.6 Å². The first-order valence-electron chi connectivity index (χ1n) is 7.88. The topological polar surface area (TPSA) is 78.8 Å². The molecule has 8 heteroatoms. The second-order valence-corrected chi connectivity index (χ2v) is 5.97. The van der Waals surface area contributed by atoms with Gasteiger partial charge in [0, 0.05) is 51.5 Å². The molecular weight excluding hydrogens is 292 g/mol. The number of nitrogens with zero attached hydrogens (tertiary/aromatic N) is 7. The molecule has 1 aliphatic heterocycles. The molecule has 3 aromatic rings. The Kier molecular flexibility index (Phi) is 3.66. The van der Waals surface area contributed by atoms with Crippen LogP contribution in [0.3, 0.4) is 0 Å². The smallest absolute Gasteiger partial charge is 0.160 e. The standard InChI is InChI=1S/C15H20N8/c1-21-9-12(7-19-21)10-22-3-2-4-23(6-5-22)15-13-8-18-20-14(13)16-11-17-15/h7-9,11H,2-6,10H2,1H3,(H,16,17,18,20). The van der Waals surface area contributed by atoms with Crippen LogP contribution in [0.4, 0.5) is 5.82 Å². The fourth-order valence-electron chi connectivity index (χ4n) is 3.16. The predicted molar refractivity (Wildman–Crippen MR) is 87.0 cm³/mol.